The first-order valence-corrected chi connectivity index (χ1v) is 8.95. The molecule has 1 aromatic heterocycles. The van der Waals surface area contributed by atoms with Gasteiger partial charge in [0.1, 0.15) is 5.82 Å². The van der Waals surface area contributed by atoms with Gasteiger partial charge in [-0.3, -0.25) is 4.79 Å². The summed E-state index contributed by atoms with van der Waals surface area (Å²) in [6.45, 7) is 11.4. The van der Waals surface area contributed by atoms with Gasteiger partial charge in [-0.15, -0.1) is 0 Å². The van der Waals surface area contributed by atoms with Gasteiger partial charge >= 0.3 is 0 Å². The SMILES string of the molecule is Cc1cc(C)c(-c2nc(C3(C)COC3)[nH]c2C)cc1C(=O)N1CCC1. The molecule has 1 amide bonds. The van der Waals surface area contributed by atoms with E-state index in [2.05, 4.69) is 24.9 Å². The zero-order chi connectivity index (χ0) is 17.8. The molecule has 0 radical (unpaired) electrons. The lowest BCUT2D eigenvalue weighted by Crippen LogP contribution is -2.44. The minimum atomic E-state index is -0.0299. The molecule has 5 nitrogen and oxygen atoms in total. The molecule has 132 valence electrons. The normalized spacial score (nSPS) is 18.6. The second-order valence-electron chi connectivity index (χ2n) is 7.74. The maximum absolute atomic E-state index is 12.7. The van der Waals surface area contributed by atoms with Crippen molar-refractivity contribution < 1.29 is 9.53 Å². The molecule has 1 N–H and O–H groups in total. The van der Waals surface area contributed by atoms with Crippen LogP contribution in [0, 0.1) is 20.8 Å². The van der Waals surface area contributed by atoms with Crippen molar-refractivity contribution in [3.63, 3.8) is 0 Å². The molecule has 2 saturated heterocycles. The lowest BCUT2D eigenvalue weighted by Gasteiger charge is -2.36. The Morgan fingerprint density at radius 3 is 2.48 bits per heavy atom. The Balaban J connectivity index is 1.76. The van der Waals surface area contributed by atoms with Crippen molar-refractivity contribution in [3.8, 4) is 11.3 Å². The molecule has 1 aromatic carbocycles. The molecule has 0 saturated carbocycles. The number of aromatic amines is 1. The quantitative estimate of drug-likeness (QED) is 0.934. The second-order valence-corrected chi connectivity index (χ2v) is 7.74. The second kappa shape index (κ2) is 5.70. The number of hydrogen-bond donors (Lipinski definition) is 1. The van der Waals surface area contributed by atoms with Crippen molar-refractivity contribution in [1.82, 2.24) is 14.9 Å². The molecule has 2 aromatic rings. The molecule has 2 aliphatic heterocycles. The number of amides is 1. The van der Waals surface area contributed by atoms with Gasteiger partial charge in [0.05, 0.1) is 24.3 Å². The fourth-order valence-electron chi connectivity index (χ4n) is 3.58. The van der Waals surface area contributed by atoms with Gasteiger partial charge in [0.25, 0.3) is 5.91 Å². The number of rotatable bonds is 3. The number of aromatic nitrogens is 2. The van der Waals surface area contributed by atoms with E-state index in [9.17, 15) is 4.79 Å². The highest BCUT2D eigenvalue weighted by Gasteiger charge is 2.38. The van der Waals surface area contributed by atoms with Crippen LogP contribution in [-0.2, 0) is 10.2 Å². The molecular formula is C20H25N3O2. The van der Waals surface area contributed by atoms with Crippen LogP contribution < -0.4 is 0 Å². The molecule has 0 aliphatic carbocycles. The summed E-state index contributed by atoms with van der Waals surface area (Å²) in [7, 11) is 0. The summed E-state index contributed by atoms with van der Waals surface area (Å²) in [5, 5.41) is 0. The van der Waals surface area contributed by atoms with Crippen LogP contribution in [0.1, 0.15) is 46.3 Å². The van der Waals surface area contributed by atoms with Crippen LogP contribution in [0.15, 0.2) is 12.1 Å². The molecule has 2 fully saturated rings. The zero-order valence-corrected chi connectivity index (χ0v) is 15.4. The summed E-state index contributed by atoms with van der Waals surface area (Å²) in [5.41, 5.74) is 5.97. The summed E-state index contributed by atoms with van der Waals surface area (Å²) in [6, 6.07) is 4.13. The van der Waals surface area contributed by atoms with Crippen LogP contribution in [0.3, 0.4) is 0 Å². The van der Waals surface area contributed by atoms with E-state index in [1.54, 1.807) is 0 Å². The first-order valence-electron chi connectivity index (χ1n) is 8.95. The Labute approximate surface area is 148 Å². The summed E-state index contributed by atoms with van der Waals surface area (Å²) in [6.07, 6.45) is 1.10. The number of aryl methyl sites for hydroxylation is 3. The minimum absolute atomic E-state index is 0.0299. The van der Waals surface area contributed by atoms with E-state index in [1.807, 2.05) is 24.8 Å². The standard InChI is InChI=1S/C20H25N3O2/c1-12-8-13(2)16(18(24)23-6-5-7-23)9-15(12)17-14(3)21-19(22-17)20(4)10-25-11-20/h8-9H,5-7,10-11H2,1-4H3,(H,21,22). The van der Waals surface area contributed by atoms with Gasteiger partial charge in [0, 0.05) is 29.9 Å². The largest absolute Gasteiger partial charge is 0.379 e. The van der Waals surface area contributed by atoms with E-state index in [-0.39, 0.29) is 11.3 Å². The molecule has 4 rings (SSSR count). The molecular weight excluding hydrogens is 314 g/mol. The number of carbonyl (C=O) groups is 1. The van der Waals surface area contributed by atoms with Gasteiger partial charge < -0.3 is 14.6 Å². The van der Waals surface area contributed by atoms with Crippen LogP contribution in [0.5, 0.6) is 0 Å². The summed E-state index contributed by atoms with van der Waals surface area (Å²) < 4.78 is 5.37. The fraction of sp³-hybridized carbons (Fsp3) is 0.500. The van der Waals surface area contributed by atoms with Crippen molar-refractivity contribution >= 4 is 5.91 Å². The third-order valence-electron chi connectivity index (χ3n) is 5.50. The van der Waals surface area contributed by atoms with E-state index >= 15 is 0 Å². The number of hydrogen-bond acceptors (Lipinski definition) is 3. The number of carbonyl (C=O) groups excluding carboxylic acids is 1. The van der Waals surface area contributed by atoms with Gasteiger partial charge in [-0.1, -0.05) is 6.07 Å². The van der Waals surface area contributed by atoms with E-state index in [0.29, 0.717) is 13.2 Å². The predicted molar refractivity (Wildman–Crippen MR) is 96.9 cm³/mol. The van der Waals surface area contributed by atoms with Crippen LogP contribution in [0.25, 0.3) is 11.3 Å². The Kier molecular flexibility index (Phi) is 3.72. The Hall–Kier alpha value is -2.14. The molecule has 2 aliphatic rings. The summed E-state index contributed by atoms with van der Waals surface area (Å²) in [4.78, 5) is 23.0. The van der Waals surface area contributed by atoms with E-state index < -0.39 is 0 Å². The summed E-state index contributed by atoms with van der Waals surface area (Å²) >= 11 is 0. The van der Waals surface area contributed by atoms with Gasteiger partial charge in [-0.05, 0) is 51.3 Å². The van der Waals surface area contributed by atoms with Crippen molar-refractivity contribution in [2.24, 2.45) is 0 Å². The molecule has 0 atom stereocenters. The average molecular weight is 339 g/mol. The molecule has 3 heterocycles. The number of H-pyrrole nitrogens is 1. The zero-order valence-electron chi connectivity index (χ0n) is 15.4. The molecule has 5 heteroatoms. The van der Waals surface area contributed by atoms with Crippen LogP contribution in [0.2, 0.25) is 0 Å². The van der Waals surface area contributed by atoms with Crippen molar-refractivity contribution in [2.75, 3.05) is 26.3 Å². The van der Waals surface area contributed by atoms with Gasteiger partial charge in [0.2, 0.25) is 0 Å². The van der Waals surface area contributed by atoms with Gasteiger partial charge in [-0.2, -0.15) is 0 Å². The monoisotopic (exact) mass is 339 g/mol. The number of likely N-dealkylation sites (tertiary alicyclic amines) is 1. The smallest absolute Gasteiger partial charge is 0.254 e. The number of nitrogens with zero attached hydrogens (tertiary/aromatic N) is 2. The van der Waals surface area contributed by atoms with Crippen molar-refractivity contribution in [3.05, 3.63) is 40.3 Å². The Morgan fingerprint density at radius 1 is 1.20 bits per heavy atom. The summed E-state index contributed by atoms with van der Waals surface area (Å²) in [5.74, 6) is 1.11. The topological polar surface area (TPSA) is 58.2 Å². The third kappa shape index (κ3) is 2.58. The van der Waals surface area contributed by atoms with E-state index in [1.165, 1.54) is 0 Å². The van der Waals surface area contributed by atoms with Crippen LogP contribution in [-0.4, -0.2) is 47.1 Å². The van der Waals surface area contributed by atoms with Crippen molar-refractivity contribution in [1.29, 1.82) is 0 Å². The maximum Gasteiger partial charge on any atom is 0.254 e. The van der Waals surface area contributed by atoms with Gasteiger partial charge in [0.15, 0.2) is 0 Å². The number of nitrogens with one attached hydrogen (secondary N) is 1. The highest BCUT2D eigenvalue weighted by atomic mass is 16.5. The predicted octanol–water partition coefficient (Wildman–Crippen LogP) is 3.14. The lowest BCUT2D eigenvalue weighted by atomic mass is 9.88. The Bertz CT molecular complexity index is 845. The highest BCUT2D eigenvalue weighted by molar-refractivity contribution is 5.97. The van der Waals surface area contributed by atoms with Crippen LogP contribution >= 0.6 is 0 Å². The van der Waals surface area contributed by atoms with Gasteiger partial charge in [-0.25, -0.2) is 4.98 Å². The third-order valence-corrected chi connectivity index (χ3v) is 5.50. The molecule has 0 unspecified atom stereocenters. The maximum atomic E-state index is 12.7. The number of ether oxygens (including phenoxy) is 1. The Morgan fingerprint density at radius 2 is 1.92 bits per heavy atom. The average Bonchev–Trinajstić information content (AvgIpc) is 2.85. The minimum Gasteiger partial charge on any atom is -0.379 e. The van der Waals surface area contributed by atoms with E-state index in [4.69, 9.17) is 9.72 Å². The van der Waals surface area contributed by atoms with Crippen LogP contribution in [0.4, 0.5) is 0 Å². The first-order chi connectivity index (χ1) is 11.9. The van der Waals surface area contributed by atoms with E-state index in [0.717, 1.165) is 59.0 Å². The lowest BCUT2D eigenvalue weighted by molar-refractivity contribution is -0.0539. The number of imidazole rings is 1. The molecule has 0 spiro atoms. The molecule has 0 bridgehead atoms. The fourth-order valence-corrected chi connectivity index (χ4v) is 3.58. The first kappa shape index (κ1) is 16.3. The molecule has 25 heavy (non-hydrogen) atoms. The van der Waals surface area contributed by atoms with Crippen molar-refractivity contribution in [2.45, 2.75) is 39.5 Å². The number of benzene rings is 1. The highest BCUT2D eigenvalue weighted by Crippen LogP contribution is 2.34.